The molecule has 3 heteroatoms. The van der Waals surface area contributed by atoms with Crippen molar-refractivity contribution in [1.29, 1.82) is 0 Å². The zero-order chi connectivity index (χ0) is 6.53. The molecular weight excluding hydrogens is 132 g/mol. The van der Waals surface area contributed by atoms with Crippen LogP contribution in [-0.2, 0) is 5.75 Å². The van der Waals surface area contributed by atoms with Gasteiger partial charge in [0.15, 0.2) is 0 Å². The highest BCUT2D eigenvalue weighted by molar-refractivity contribution is 7.97. The molecule has 0 amide bonds. The number of rotatable bonds is 2. The van der Waals surface area contributed by atoms with Crippen molar-refractivity contribution in [1.82, 2.24) is 10.2 Å². The summed E-state index contributed by atoms with van der Waals surface area (Å²) in [6, 6.07) is 3.88. The van der Waals surface area contributed by atoms with E-state index in [2.05, 4.69) is 16.5 Å². The summed E-state index contributed by atoms with van der Waals surface area (Å²) < 4.78 is 0. The van der Waals surface area contributed by atoms with Gasteiger partial charge in [-0.2, -0.15) is 22.0 Å². The van der Waals surface area contributed by atoms with Gasteiger partial charge in [-0.1, -0.05) is 0 Å². The molecule has 0 atom stereocenters. The highest BCUT2D eigenvalue weighted by atomic mass is 32.2. The Morgan fingerprint density at radius 3 is 3.11 bits per heavy atom. The minimum Gasteiger partial charge on any atom is -0.159 e. The van der Waals surface area contributed by atoms with Crippen LogP contribution in [0.3, 0.4) is 0 Å². The third-order valence-corrected chi connectivity index (χ3v) is 1.50. The summed E-state index contributed by atoms with van der Waals surface area (Å²) in [7, 11) is 0. The zero-order valence-corrected chi connectivity index (χ0v) is 6.06. The number of hydrogen-bond acceptors (Lipinski definition) is 3. The van der Waals surface area contributed by atoms with E-state index >= 15 is 0 Å². The van der Waals surface area contributed by atoms with Gasteiger partial charge in [0.1, 0.15) is 0 Å². The van der Waals surface area contributed by atoms with Crippen molar-refractivity contribution in [2.75, 3.05) is 6.26 Å². The maximum Gasteiger partial charge on any atom is 0.0729 e. The summed E-state index contributed by atoms with van der Waals surface area (Å²) in [4.78, 5) is 0. The van der Waals surface area contributed by atoms with Gasteiger partial charge in [-0.15, -0.1) is 0 Å². The molecule has 0 unspecified atom stereocenters. The zero-order valence-electron chi connectivity index (χ0n) is 5.24. The fourth-order valence-corrected chi connectivity index (χ4v) is 1.01. The van der Waals surface area contributed by atoms with E-state index in [0.29, 0.717) is 0 Å². The van der Waals surface area contributed by atoms with Crippen LogP contribution in [0.25, 0.3) is 0 Å². The summed E-state index contributed by atoms with van der Waals surface area (Å²) in [6.45, 7) is 0. The first-order valence-electron chi connectivity index (χ1n) is 2.69. The smallest absolute Gasteiger partial charge is 0.0729 e. The van der Waals surface area contributed by atoms with Crippen molar-refractivity contribution in [3.05, 3.63) is 24.0 Å². The maximum atomic E-state index is 3.90. The lowest BCUT2D eigenvalue weighted by atomic mass is 10.4. The average molecular weight is 140 g/mol. The van der Waals surface area contributed by atoms with Crippen molar-refractivity contribution in [3.63, 3.8) is 0 Å². The van der Waals surface area contributed by atoms with Gasteiger partial charge in [-0.05, 0) is 18.4 Å². The van der Waals surface area contributed by atoms with Crippen LogP contribution < -0.4 is 0 Å². The van der Waals surface area contributed by atoms with Crippen LogP contribution in [-0.4, -0.2) is 16.5 Å². The first-order chi connectivity index (χ1) is 4.43. The van der Waals surface area contributed by atoms with E-state index in [0.717, 1.165) is 11.4 Å². The van der Waals surface area contributed by atoms with Gasteiger partial charge in [-0.3, -0.25) is 0 Å². The van der Waals surface area contributed by atoms with E-state index in [1.165, 1.54) is 0 Å². The standard InChI is InChI=1S/C6H8N2S/c1-9-5-6-3-2-4-7-8-6/h2-4H,5H2,1H3. The molecule has 0 bridgehead atoms. The highest BCUT2D eigenvalue weighted by Gasteiger charge is 1.87. The summed E-state index contributed by atoms with van der Waals surface area (Å²) in [5, 5.41) is 7.64. The molecule has 0 saturated carbocycles. The molecule has 0 aliphatic heterocycles. The van der Waals surface area contributed by atoms with Crippen molar-refractivity contribution in [2.45, 2.75) is 5.75 Å². The van der Waals surface area contributed by atoms with Crippen LogP contribution in [0.5, 0.6) is 0 Å². The van der Waals surface area contributed by atoms with E-state index < -0.39 is 0 Å². The summed E-state index contributed by atoms with van der Waals surface area (Å²) in [5.41, 5.74) is 1.05. The minimum absolute atomic E-state index is 0.952. The number of thioether (sulfide) groups is 1. The van der Waals surface area contributed by atoms with Crippen LogP contribution in [0.2, 0.25) is 0 Å². The van der Waals surface area contributed by atoms with Crippen molar-refractivity contribution < 1.29 is 0 Å². The van der Waals surface area contributed by atoms with Crippen molar-refractivity contribution in [3.8, 4) is 0 Å². The van der Waals surface area contributed by atoms with E-state index in [-0.39, 0.29) is 0 Å². The van der Waals surface area contributed by atoms with Crippen LogP contribution in [0.15, 0.2) is 18.3 Å². The van der Waals surface area contributed by atoms with Gasteiger partial charge in [0.25, 0.3) is 0 Å². The number of nitrogens with zero attached hydrogens (tertiary/aromatic N) is 2. The van der Waals surface area contributed by atoms with Crippen LogP contribution in [0.1, 0.15) is 5.69 Å². The Balaban J connectivity index is 2.61. The molecule has 1 aromatic rings. The number of hydrogen-bond donors (Lipinski definition) is 0. The summed E-state index contributed by atoms with van der Waals surface area (Å²) in [5.74, 6) is 0.952. The normalized spacial score (nSPS) is 9.44. The Hall–Kier alpha value is -0.570. The molecule has 0 saturated heterocycles. The molecule has 0 N–H and O–H groups in total. The molecule has 1 rings (SSSR count). The lowest BCUT2D eigenvalue weighted by Gasteiger charge is -1.91. The van der Waals surface area contributed by atoms with E-state index in [1.54, 1.807) is 18.0 Å². The van der Waals surface area contributed by atoms with Gasteiger partial charge in [0, 0.05) is 11.9 Å². The molecule has 0 aromatic carbocycles. The van der Waals surface area contributed by atoms with Gasteiger partial charge < -0.3 is 0 Å². The fourth-order valence-electron chi connectivity index (χ4n) is 0.558. The van der Waals surface area contributed by atoms with Crippen molar-refractivity contribution >= 4 is 11.8 Å². The largest absolute Gasteiger partial charge is 0.159 e. The third kappa shape index (κ3) is 2.01. The quantitative estimate of drug-likeness (QED) is 0.620. The van der Waals surface area contributed by atoms with Crippen molar-refractivity contribution in [2.24, 2.45) is 0 Å². The SMILES string of the molecule is CSCc1cccnn1. The molecule has 2 nitrogen and oxygen atoms in total. The first-order valence-corrected chi connectivity index (χ1v) is 4.08. The molecule has 0 radical (unpaired) electrons. The van der Waals surface area contributed by atoms with Gasteiger partial charge >= 0.3 is 0 Å². The second kappa shape index (κ2) is 3.45. The van der Waals surface area contributed by atoms with Crippen LogP contribution in [0.4, 0.5) is 0 Å². The monoisotopic (exact) mass is 140 g/mol. The Morgan fingerprint density at radius 2 is 2.56 bits per heavy atom. The Labute approximate surface area is 58.7 Å². The van der Waals surface area contributed by atoms with Gasteiger partial charge in [-0.25, -0.2) is 0 Å². The molecule has 0 aliphatic rings. The first kappa shape index (κ1) is 6.55. The molecule has 0 spiro atoms. The Kier molecular flexibility index (Phi) is 2.51. The predicted molar refractivity (Wildman–Crippen MR) is 39.3 cm³/mol. The molecule has 0 aliphatic carbocycles. The van der Waals surface area contributed by atoms with Crippen LogP contribution in [0, 0.1) is 0 Å². The number of aromatic nitrogens is 2. The third-order valence-electron chi connectivity index (χ3n) is 0.920. The Bertz CT molecular complexity index is 164. The van der Waals surface area contributed by atoms with E-state index in [4.69, 9.17) is 0 Å². The lowest BCUT2D eigenvalue weighted by molar-refractivity contribution is 0.972. The Morgan fingerprint density at radius 1 is 1.67 bits per heavy atom. The van der Waals surface area contributed by atoms with Crippen LogP contribution >= 0.6 is 11.8 Å². The molecule has 1 heterocycles. The van der Waals surface area contributed by atoms with E-state index in [9.17, 15) is 0 Å². The fraction of sp³-hybridized carbons (Fsp3) is 0.333. The second-order valence-corrected chi connectivity index (χ2v) is 2.51. The minimum atomic E-state index is 0.952. The molecular formula is C6H8N2S. The highest BCUT2D eigenvalue weighted by Crippen LogP contribution is 2.02. The van der Waals surface area contributed by atoms with E-state index in [1.807, 2.05) is 12.1 Å². The lowest BCUT2D eigenvalue weighted by Crippen LogP contribution is -1.86. The predicted octanol–water partition coefficient (Wildman–Crippen LogP) is 1.34. The molecule has 9 heavy (non-hydrogen) atoms. The second-order valence-electron chi connectivity index (χ2n) is 1.65. The maximum absolute atomic E-state index is 3.90. The van der Waals surface area contributed by atoms with Gasteiger partial charge in [0.05, 0.1) is 5.69 Å². The molecule has 0 fully saturated rings. The topological polar surface area (TPSA) is 25.8 Å². The summed E-state index contributed by atoms with van der Waals surface area (Å²) >= 11 is 1.75. The summed E-state index contributed by atoms with van der Waals surface area (Å²) in [6.07, 6.45) is 3.73. The molecule has 1 aromatic heterocycles. The average Bonchev–Trinajstić information content (AvgIpc) is 1.91. The van der Waals surface area contributed by atoms with Gasteiger partial charge in [0.2, 0.25) is 0 Å². The molecule has 48 valence electrons.